The number of nitrogens with zero attached hydrogens (tertiary/aromatic N) is 2. The fourth-order valence-electron chi connectivity index (χ4n) is 1.83. The zero-order valence-electron chi connectivity index (χ0n) is 10.6. The summed E-state index contributed by atoms with van der Waals surface area (Å²) in [6.07, 6.45) is 5.70. The SMILES string of the molecule is CCCNC(c1ccc(F)c(F)c1)c1cnccn1. The Balaban J connectivity index is 2.34. The van der Waals surface area contributed by atoms with Gasteiger partial charge in [-0.3, -0.25) is 9.97 Å². The minimum Gasteiger partial charge on any atom is -0.305 e. The van der Waals surface area contributed by atoms with Crippen LogP contribution in [0, 0.1) is 11.6 Å². The van der Waals surface area contributed by atoms with Crippen molar-refractivity contribution in [3.8, 4) is 0 Å². The number of benzene rings is 1. The van der Waals surface area contributed by atoms with Crippen LogP contribution in [0.15, 0.2) is 36.8 Å². The van der Waals surface area contributed by atoms with Crippen molar-refractivity contribution >= 4 is 0 Å². The molecule has 0 bridgehead atoms. The van der Waals surface area contributed by atoms with Gasteiger partial charge in [-0.25, -0.2) is 8.78 Å². The van der Waals surface area contributed by atoms with Gasteiger partial charge in [-0.15, -0.1) is 0 Å². The van der Waals surface area contributed by atoms with Crippen molar-refractivity contribution < 1.29 is 8.78 Å². The lowest BCUT2D eigenvalue weighted by atomic mass is 10.0. The second kappa shape index (κ2) is 6.33. The van der Waals surface area contributed by atoms with Crippen LogP contribution in [0.25, 0.3) is 0 Å². The Labute approximate surface area is 110 Å². The maximum absolute atomic E-state index is 13.3. The molecule has 2 rings (SSSR count). The summed E-state index contributed by atoms with van der Waals surface area (Å²) in [6.45, 7) is 2.78. The molecule has 3 nitrogen and oxygen atoms in total. The largest absolute Gasteiger partial charge is 0.305 e. The third kappa shape index (κ3) is 3.32. The number of hydrogen-bond acceptors (Lipinski definition) is 3. The van der Waals surface area contributed by atoms with Crippen LogP contribution in [0.2, 0.25) is 0 Å². The van der Waals surface area contributed by atoms with Gasteiger partial charge in [-0.1, -0.05) is 13.0 Å². The number of aromatic nitrogens is 2. The molecule has 1 N–H and O–H groups in total. The third-order valence-corrected chi connectivity index (χ3v) is 2.75. The van der Waals surface area contributed by atoms with Crippen LogP contribution in [-0.2, 0) is 0 Å². The summed E-state index contributed by atoms with van der Waals surface area (Å²) in [4.78, 5) is 8.23. The number of halogens is 2. The molecule has 1 aromatic carbocycles. The predicted molar refractivity (Wildman–Crippen MR) is 68.5 cm³/mol. The highest BCUT2D eigenvalue weighted by atomic mass is 19.2. The van der Waals surface area contributed by atoms with E-state index in [-0.39, 0.29) is 6.04 Å². The zero-order chi connectivity index (χ0) is 13.7. The first-order valence-corrected chi connectivity index (χ1v) is 6.16. The van der Waals surface area contributed by atoms with E-state index in [1.807, 2.05) is 6.92 Å². The molecule has 19 heavy (non-hydrogen) atoms. The molecule has 0 aliphatic carbocycles. The molecule has 1 aromatic heterocycles. The molecular formula is C14H15F2N3. The standard InChI is InChI=1S/C14H15F2N3/c1-2-5-19-14(13-9-17-6-7-18-13)10-3-4-11(15)12(16)8-10/h3-4,6-9,14,19H,2,5H2,1H3. The van der Waals surface area contributed by atoms with Crippen molar-refractivity contribution in [1.82, 2.24) is 15.3 Å². The number of rotatable bonds is 5. The van der Waals surface area contributed by atoms with Gasteiger partial charge in [0.05, 0.1) is 17.9 Å². The summed E-state index contributed by atoms with van der Waals surface area (Å²) < 4.78 is 26.3. The summed E-state index contributed by atoms with van der Waals surface area (Å²) in [7, 11) is 0. The summed E-state index contributed by atoms with van der Waals surface area (Å²) in [6, 6.07) is 3.59. The molecule has 0 amide bonds. The van der Waals surface area contributed by atoms with Gasteiger partial charge >= 0.3 is 0 Å². The third-order valence-electron chi connectivity index (χ3n) is 2.75. The molecule has 1 unspecified atom stereocenters. The van der Waals surface area contributed by atoms with Crippen molar-refractivity contribution in [1.29, 1.82) is 0 Å². The van der Waals surface area contributed by atoms with Crippen molar-refractivity contribution in [3.05, 3.63) is 59.7 Å². The Hall–Kier alpha value is -1.88. The van der Waals surface area contributed by atoms with Crippen LogP contribution in [0.5, 0.6) is 0 Å². The van der Waals surface area contributed by atoms with E-state index < -0.39 is 11.6 Å². The van der Waals surface area contributed by atoms with E-state index in [4.69, 9.17) is 0 Å². The summed E-state index contributed by atoms with van der Waals surface area (Å²) in [5.74, 6) is -1.71. The Morgan fingerprint density at radius 2 is 2.05 bits per heavy atom. The normalized spacial score (nSPS) is 12.4. The lowest BCUT2D eigenvalue weighted by Gasteiger charge is -2.18. The van der Waals surface area contributed by atoms with Crippen LogP contribution < -0.4 is 5.32 Å². The maximum atomic E-state index is 13.3. The molecule has 0 aliphatic heterocycles. The van der Waals surface area contributed by atoms with E-state index >= 15 is 0 Å². The molecule has 2 aromatic rings. The maximum Gasteiger partial charge on any atom is 0.159 e. The van der Waals surface area contributed by atoms with E-state index in [0.29, 0.717) is 11.3 Å². The van der Waals surface area contributed by atoms with Gasteiger partial charge in [0.25, 0.3) is 0 Å². The van der Waals surface area contributed by atoms with Crippen molar-refractivity contribution in [2.45, 2.75) is 19.4 Å². The molecule has 5 heteroatoms. The average molecular weight is 263 g/mol. The average Bonchev–Trinajstić information content (AvgIpc) is 2.44. The highest BCUT2D eigenvalue weighted by Gasteiger charge is 2.16. The fraction of sp³-hybridized carbons (Fsp3) is 0.286. The second-order valence-electron chi connectivity index (χ2n) is 4.19. The predicted octanol–water partition coefficient (Wildman–Crippen LogP) is 2.84. The summed E-state index contributed by atoms with van der Waals surface area (Å²) in [5, 5.41) is 3.26. The Bertz CT molecular complexity index is 531. The highest BCUT2D eigenvalue weighted by molar-refractivity contribution is 5.27. The molecule has 0 radical (unpaired) electrons. The Kier molecular flexibility index (Phi) is 4.52. The molecule has 0 aliphatic rings. The highest BCUT2D eigenvalue weighted by Crippen LogP contribution is 2.21. The second-order valence-corrected chi connectivity index (χ2v) is 4.19. The molecule has 0 saturated heterocycles. The summed E-state index contributed by atoms with van der Waals surface area (Å²) >= 11 is 0. The first-order valence-electron chi connectivity index (χ1n) is 6.16. The Morgan fingerprint density at radius 1 is 1.21 bits per heavy atom. The van der Waals surface area contributed by atoms with Crippen molar-refractivity contribution in [2.24, 2.45) is 0 Å². The molecule has 0 spiro atoms. The van der Waals surface area contributed by atoms with Crippen LogP contribution in [0.1, 0.15) is 30.6 Å². The summed E-state index contributed by atoms with van der Waals surface area (Å²) in [5.41, 5.74) is 1.31. The molecule has 1 atom stereocenters. The first-order chi connectivity index (χ1) is 9.22. The van der Waals surface area contributed by atoms with E-state index in [1.54, 1.807) is 24.7 Å². The van der Waals surface area contributed by atoms with E-state index in [9.17, 15) is 8.78 Å². The van der Waals surface area contributed by atoms with Gasteiger partial charge in [0.2, 0.25) is 0 Å². The lowest BCUT2D eigenvalue weighted by Crippen LogP contribution is -2.24. The zero-order valence-corrected chi connectivity index (χ0v) is 10.6. The fourth-order valence-corrected chi connectivity index (χ4v) is 1.83. The van der Waals surface area contributed by atoms with Crippen LogP contribution in [-0.4, -0.2) is 16.5 Å². The monoisotopic (exact) mass is 263 g/mol. The van der Waals surface area contributed by atoms with Crippen LogP contribution in [0.3, 0.4) is 0 Å². The smallest absolute Gasteiger partial charge is 0.159 e. The van der Waals surface area contributed by atoms with Gasteiger partial charge in [-0.05, 0) is 30.7 Å². The van der Waals surface area contributed by atoms with Gasteiger partial charge in [0.15, 0.2) is 11.6 Å². The van der Waals surface area contributed by atoms with Crippen molar-refractivity contribution in [2.75, 3.05) is 6.54 Å². The molecule has 100 valence electrons. The van der Waals surface area contributed by atoms with Gasteiger partial charge in [0.1, 0.15) is 0 Å². The Morgan fingerprint density at radius 3 is 2.68 bits per heavy atom. The van der Waals surface area contributed by atoms with Gasteiger partial charge in [-0.2, -0.15) is 0 Å². The van der Waals surface area contributed by atoms with Crippen LogP contribution in [0.4, 0.5) is 8.78 Å². The van der Waals surface area contributed by atoms with Crippen LogP contribution >= 0.6 is 0 Å². The molecule has 1 heterocycles. The number of hydrogen-bond donors (Lipinski definition) is 1. The van der Waals surface area contributed by atoms with Crippen molar-refractivity contribution in [3.63, 3.8) is 0 Å². The molecule has 0 saturated carbocycles. The molecular weight excluding hydrogens is 248 g/mol. The first kappa shape index (κ1) is 13.5. The van der Waals surface area contributed by atoms with E-state index in [1.165, 1.54) is 6.07 Å². The quantitative estimate of drug-likeness (QED) is 0.901. The minimum atomic E-state index is -0.857. The van der Waals surface area contributed by atoms with E-state index in [0.717, 1.165) is 19.0 Å². The topological polar surface area (TPSA) is 37.8 Å². The number of nitrogens with one attached hydrogen (secondary N) is 1. The minimum absolute atomic E-state index is 0.288. The molecule has 0 fully saturated rings. The van der Waals surface area contributed by atoms with Gasteiger partial charge in [0, 0.05) is 12.4 Å². The lowest BCUT2D eigenvalue weighted by molar-refractivity contribution is 0.502. The van der Waals surface area contributed by atoms with E-state index in [2.05, 4.69) is 15.3 Å². The van der Waals surface area contributed by atoms with Gasteiger partial charge < -0.3 is 5.32 Å².